The van der Waals surface area contributed by atoms with Gasteiger partial charge in [0.2, 0.25) is 5.91 Å². The summed E-state index contributed by atoms with van der Waals surface area (Å²) in [4.78, 5) is 11.5. The molecule has 0 saturated heterocycles. The minimum atomic E-state index is -0.509. The second kappa shape index (κ2) is 4.84. The van der Waals surface area contributed by atoms with Crippen LogP contribution in [0.1, 0.15) is 6.92 Å². The molecule has 1 heterocycles. The van der Waals surface area contributed by atoms with Crippen molar-refractivity contribution >= 4 is 11.6 Å². The lowest BCUT2D eigenvalue weighted by molar-refractivity contribution is -0.117. The fourth-order valence-electron chi connectivity index (χ4n) is 1.51. The predicted octanol–water partition coefficient (Wildman–Crippen LogP) is 1.76. The fourth-order valence-corrected chi connectivity index (χ4v) is 1.51. The van der Waals surface area contributed by atoms with Gasteiger partial charge in [-0.15, -0.1) is 0 Å². The smallest absolute Gasteiger partial charge is 0.240 e. The highest BCUT2D eigenvalue weighted by Gasteiger charge is 2.07. The van der Waals surface area contributed by atoms with Crippen molar-refractivity contribution < 1.29 is 4.79 Å². The van der Waals surface area contributed by atoms with E-state index in [0.717, 1.165) is 11.4 Å². The van der Waals surface area contributed by atoms with Crippen molar-refractivity contribution in [3.05, 3.63) is 48.8 Å². The Balaban J connectivity index is 2.20. The third-order valence-corrected chi connectivity index (χ3v) is 2.43. The van der Waals surface area contributed by atoms with Crippen LogP contribution in [-0.2, 0) is 4.79 Å². The number of nitrogens with zero attached hydrogens (tertiary/aromatic N) is 1. The number of carbonyl (C=O) groups is 1. The maximum Gasteiger partial charge on any atom is 0.240 e. The van der Waals surface area contributed by atoms with Crippen LogP contribution in [0.2, 0.25) is 0 Å². The molecule has 0 bridgehead atoms. The zero-order valence-electron chi connectivity index (χ0n) is 9.63. The van der Waals surface area contributed by atoms with Crippen LogP contribution in [0, 0.1) is 0 Å². The number of hydrogen-bond donors (Lipinski definition) is 2. The molecule has 1 amide bonds. The maximum atomic E-state index is 11.5. The molecule has 4 nitrogen and oxygen atoms in total. The Morgan fingerprint density at radius 2 is 2.00 bits per heavy atom. The van der Waals surface area contributed by atoms with Crippen molar-refractivity contribution in [2.24, 2.45) is 5.73 Å². The van der Waals surface area contributed by atoms with Crippen LogP contribution >= 0.6 is 0 Å². The maximum absolute atomic E-state index is 11.5. The molecule has 0 saturated carbocycles. The van der Waals surface area contributed by atoms with Crippen LogP contribution in [0.4, 0.5) is 5.69 Å². The first-order chi connectivity index (χ1) is 8.16. The molecule has 0 aliphatic heterocycles. The zero-order chi connectivity index (χ0) is 12.3. The highest BCUT2D eigenvalue weighted by Crippen LogP contribution is 2.14. The van der Waals surface area contributed by atoms with E-state index in [1.54, 1.807) is 6.92 Å². The third kappa shape index (κ3) is 2.73. The van der Waals surface area contributed by atoms with Crippen molar-refractivity contribution in [2.45, 2.75) is 13.0 Å². The van der Waals surface area contributed by atoms with Gasteiger partial charge in [0, 0.05) is 23.8 Å². The van der Waals surface area contributed by atoms with Crippen LogP contribution in [0.5, 0.6) is 0 Å². The van der Waals surface area contributed by atoms with Gasteiger partial charge in [0.25, 0.3) is 0 Å². The molecular weight excluding hydrogens is 214 g/mol. The number of anilines is 1. The van der Waals surface area contributed by atoms with Gasteiger partial charge in [0.1, 0.15) is 0 Å². The Morgan fingerprint density at radius 1 is 1.29 bits per heavy atom. The SMILES string of the molecule is CC(N)C(=O)Nc1cccc(-n2cccc2)c1. The standard InChI is InChI=1S/C13H15N3O/c1-10(14)13(17)15-11-5-4-6-12(9-11)16-7-2-3-8-16/h2-10H,14H2,1H3,(H,15,17). The van der Waals surface area contributed by atoms with E-state index >= 15 is 0 Å². The Morgan fingerprint density at radius 3 is 2.65 bits per heavy atom. The molecule has 1 atom stereocenters. The molecule has 4 heteroatoms. The second-order valence-electron chi connectivity index (χ2n) is 3.92. The number of rotatable bonds is 3. The van der Waals surface area contributed by atoms with Gasteiger partial charge >= 0.3 is 0 Å². The molecule has 0 radical (unpaired) electrons. The highest BCUT2D eigenvalue weighted by atomic mass is 16.2. The summed E-state index contributed by atoms with van der Waals surface area (Å²) in [6, 6.07) is 11.0. The van der Waals surface area contributed by atoms with E-state index in [2.05, 4.69) is 5.32 Å². The topological polar surface area (TPSA) is 60.1 Å². The van der Waals surface area contributed by atoms with E-state index < -0.39 is 6.04 Å². The minimum absolute atomic E-state index is 0.186. The van der Waals surface area contributed by atoms with Crippen LogP contribution in [0.25, 0.3) is 5.69 Å². The first-order valence-electron chi connectivity index (χ1n) is 5.46. The third-order valence-electron chi connectivity index (χ3n) is 2.43. The average Bonchev–Trinajstić information content (AvgIpc) is 2.82. The molecule has 2 rings (SSSR count). The fraction of sp³-hybridized carbons (Fsp3) is 0.154. The van der Waals surface area contributed by atoms with Crippen LogP contribution in [0.15, 0.2) is 48.8 Å². The van der Waals surface area contributed by atoms with E-state index in [-0.39, 0.29) is 5.91 Å². The quantitative estimate of drug-likeness (QED) is 0.842. The summed E-state index contributed by atoms with van der Waals surface area (Å²) in [6.07, 6.45) is 3.90. The lowest BCUT2D eigenvalue weighted by Crippen LogP contribution is -2.32. The summed E-state index contributed by atoms with van der Waals surface area (Å²) in [6.45, 7) is 1.66. The Bertz CT molecular complexity index is 503. The minimum Gasteiger partial charge on any atom is -0.325 e. The number of aromatic nitrogens is 1. The molecule has 88 valence electrons. The average molecular weight is 229 g/mol. The lowest BCUT2D eigenvalue weighted by atomic mass is 10.2. The van der Waals surface area contributed by atoms with Gasteiger partial charge in [-0.05, 0) is 37.3 Å². The van der Waals surface area contributed by atoms with Gasteiger partial charge in [-0.2, -0.15) is 0 Å². The summed E-state index contributed by atoms with van der Waals surface area (Å²) in [5.74, 6) is -0.186. The molecule has 2 aromatic rings. The largest absolute Gasteiger partial charge is 0.325 e. The van der Waals surface area contributed by atoms with Crippen LogP contribution in [-0.4, -0.2) is 16.5 Å². The summed E-state index contributed by atoms with van der Waals surface area (Å²) >= 11 is 0. The van der Waals surface area contributed by atoms with Crippen molar-refractivity contribution in [3.8, 4) is 5.69 Å². The molecule has 17 heavy (non-hydrogen) atoms. The normalized spacial score (nSPS) is 12.1. The van der Waals surface area contributed by atoms with Gasteiger partial charge in [-0.3, -0.25) is 4.79 Å². The molecule has 3 N–H and O–H groups in total. The second-order valence-corrected chi connectivity index (χ2v) is 3.92. The predicted molar refractivity (Wildman–Crippen MR) is 68.0 cm³/mol. The molecule has 0 aliphatic rings. The molecule has 1 unspecified atom stereocenters. The van der Waals surface area contributed by atoms with E-state index in [9.17, 15) is 4.79 Å². The Kier molecular flexibility index (Phi) is 3.25. The van der Waals surface area contributed by atoms with Crippen LogP contribution in [0.3, 0.4) is 0 Å². The van der Waals surface area contributed by atoms with Gasteiger partial charge in [-0.1, -0.05) is 6.07 Å². The number of benzene rings is 1. The lowest BCUT2D eigenvalue weighted by Gasteiger charge is -2.09. The van der Waals surface area contributed by atoms with Gasteiger partial charge in [0.05, 0.1) is 6.04 Å². The van der Waals surface area contributed by atoms with Gasteiger partial charge < -0.3 is 15.6 Å². The number of nitrogens with two attached hydrogens (primary N) is 1. The first kappa shape index (κ1) is 11.4. The highest BCUT2D eigenvalue weighted by molar-refractivity contribution is 5.94. The first-order valence-corrected chi connectivity index (χ1v) is 5.46. The van der Waals surface area contributed by atoms with Crippen molar-refractivity contribution in [1.82, 2.24) is 4.57 Å². The monoisotopic (exact) mass is 229 g/mol. The Labute approximate surface area is 100 Å². The van der Waals surface area contributed by atoms with Gasteiger partial charge in [-0.25, -0.2) is 0 Å². The molecule has 1 aromatic heterocycles. The number of nitrogens with one attached hydrogen (secondary N) is 1. The number of carbonyl (C=O) groups excluding carboxylic acids is 1. The molecule has 0 fully saturated rings. The molecule has 1 aromatic carbocycles. The Hall–Kier alpha value is -2.07. The van der Waals surface area contributed by atoms with Crippen molar-refractivity contribution in [3.63, 3.8) is 0 Å². The van der Waals surface area contributed by atoms with E-state index in [0.29, 0.717) is 0 Å². The van der Waals surface area contributed by atoms with Gasteiger partial charge in [0.15, 0.2) is 0 Å². The summed E-state index contributed by atoms with van der Waals surface area (Å²) in [7, 11) is 0. The van der Waals surface area contributed by atoms with E-state index in [1.807, 2.05) is 53.4 Å². The molecule has 0 aliphatic carbocycles. The van der Waals surface area contributed by atoms with Crippen molar-refractivity contribution in [2.75, 3.05) is 5.32 Å². The van der Waals surface area contributed by atoms with Crippen LogP contribution < -0.4 is 11.1 Å². The molecule has 0 spiro atoms. The van der Waals surface area contributed by atoms with E-state index in [1.165, 1.54) is 0 Å². The number of hydrogen-bond acceptors (Lipinski definition) is 2. The summed E-state index contributed by atoms with van der Waals surface area (Å²) in [5, 5.41) is 2.77. The summed E-state index contributed by atoms with van der Waals surface area (Å²) < 4.78 is 1.97. The zero-order valence-corrected chi connectivity index (χ0v) is 9.63. The summed E-state index contributed by atoms with van der Waals surface area (Å²) in [5.41, 5.74) is 7.25. The molecular formula is C13H15N3O. The van der Waals surface area contributed by atoms with Crippen molar-refractivity contribution in [1.29, 1.82) is 0 Å². The number of amides is 1. The van der Waals surface area contributed by atoms with E-state index in [4.69, 9.17) is 5.73 Å².